The van der Waals surface area contributed by atoms with Gasteiger partial charge >= 0.3 is 0 Å². The van der Waals surface area contributed by atoms with Gasteiger partial charge in [-0.1, -0.05) is 145 Å². The Balaban J connectivity index is 1.37. The lowest BCUT2D eigenvalue weighted by Gasteiger charge is -2.27. The van der Waals surface area contributed by atoms with Crippen molar-refractivity contribution in [3.05, 3.63) is 188 Å². The Kier molecular flexibility index (Phi) is 4.83. The third-order valence-corrected chi connectivity index (χ3v) is 8.75. The predicted molar refractivity (Wildman–Crippen MR) is 202 cm³/mol. The van der Waals surface area contributed by atoms with Crippen LogP contribution in [0.3, 0.4) is 0 Å². The minimum atomic E-state index is -0.436. The minimum Gasteiger partial charge on any atom is -0.310 e. The Morgan fingerprint density at radius 2 is 1.04 bits per heavy atom. The molecule has 1 heteroatoms. The standard InChI is InChI=1S/C46H31N/c1-2-13-35-29-37(24-23-32(35)11-1)36-16-9-17-40(30-36)47(46-22-10-15-33-12-3-6-19-42(33)46)39-27-25-34(26-28-39)45-31-38-14-4-5-18-41(38)43-20-7-8-21-44(43)45/h1-31H/i9D,16D,17D,25D,26D,27D,28D,30D. The molecule has 0 N–H and O–H groups in total. The van der Waals surface area contributed by atoms with Crippen molar-refractivity contribution in [2.75, 3.05) is 4.90 Å². The Bertz CT molecular complexity index is 3010. The molecule has 0 bridgehead atoms. The highest BCUT2D eigenvalue weighted by Crippen LogP contribution is 2.42. The van der Waals surface area contributed by atoms with Crippen molar-refractivity contribution in [1.82, 2.24) is 0 Å². The molecule has 0 aliphatic carbocycles. The van der Waals surface area contributed by atoms with Crippen LogP contribution < -0.4 is 4.90 Å². The average molecular weight is 606 g/mol. The van der Waals surface area contributed by atoms with Crippen molar-refractivity contribution < 1.29 is 11.0 Å². The lowest BCUT2D eigenvalue weighted by Crippen LogP contribution is -2.10. The van der Waals surface area contributed by atoms with E-state index in [9.17, 15) is 8.22 Å². The van der Waals surface area contributed by atoms with Crippen LogP contribution in [-0.2, 0) is 0 Å². The summed E-state index contributed by atoms with van der Waals surface area (Å²) < 4.78 is 75.4. The van der Waals surface area contributed by atoms with Gasteiger partial charge in [0, 0.05) is 16.8 Å². The molecule has 0 aliphatic heterocycles. The zero-order valence-electron chi connectivity index (χ0n) is 33.2. The van der Waals surface area contributed by atoms with Crippen LogP contribution in [0.4, 0.5) is 17.1 Å². The van der Waals surface area contributed by atoms with E-state index in [1.165, 1.54) is 4.90 Å². The summed E-state index contributed by atoms with van der Waals surface area (Å²) in [6, 6.07) is 41.1. The molecule has 0 aliphatic rings. The van der Waals surface area contributed by atoms with Crippen molar-refractivity contribution in [2.24, 2.45) is 0 Å². The van der Waals surface area contributed by atoms with Crippen molar-refractivity contribution in [2.45, 2.75) is 0 Å². The zero-order valence-corrected chi connectivity index (χ0v) is 25.2. The van der Waals surface area contributed by atoms with Gasteiger partial charge in [0.15, 0.2) is 0 Å². The fraction of sp³-hybridized carbons (Fsp3) is 0. The van der Waals surface area contributed by atoms with Crippen LogP contribution in [0, 0.1) is 0 Å². The lowest BCUT2D eigenvalue weighted by molar-refractivity contribution is 1.30. The first-order chi connectivity index (χ1) is 26.7. The maximum absolute atomic E-state index is 9.72. The summed E-state index contributed by atoms with van der Waals surface area (Å²) in [6.07, 6.45) is 0. The van der Waals surface area contributed by atoms with Gasteiger partial charge in [-0.2, -0.15) is 0 Å². The molecule has 9 aromatic carbocycles. The second kappa shape index (κ2) is 11.3. The Labute approximate surface area is 285 Å². The van der Waals surface area contributed by atoms with E-state index in [0.717, 1.165) is 37.7 Å². The van der Waals surface area contributed by atoms with E-state index in [1.807, 2.05) is 121 Å². The van der Waals surface area contributed by atoms with Crippen LogP contribution in [0.15, 0.2) is 188 Å². The van der Waals surface area contributed by atoms with Gasteiger partial charge in [0.25, 0.3) is 0 Å². The summed E-state index contributed by atoms with van der Waals surface area (Å²) in [7, 11) is 0. The molecule has 0 saturated carbocycles. The van der Waals surface area contributed by atoms with E-state index in [2.05, 4.69) is 0 Å². The van der Waals surface area contributed by atoms with E-state index in [-0.39, 0.29) is 58.8 Å². The monoisotopic (exact) mass is 605 g/mol. The first kappa shape index (κ1) is 20.0. The van der Waals surface area contributed by atoms with Gasteiger partial charge in [-0.15, -0.1) is 0 Å². The SMILES string of the molecule is [2H]c1c([2H])c(-c2ccc3ccccc3c2)c([2H])c(N(c2c([2H])c([2H])c(-c3cc4ccccc4c4ccccc34)c([2H])c2[2H])c2cccc3ccccc23)c1[2H]. The van der Waals surface area contributed by atoms with Crippen molar-refractivity contribution in [1.29, 1.82) is 0 Å². The van der Waals surface area contributed by atoms with Crippen LogP contribution in [0.5, 0.6) is 0 Å². The normalized spacial score (nSPS) is 13.8. The molecule has 0 fully saturated rings. The van der Waals surface area contributed by atoms with Crippen LogP contribution in [0.2, 0.25) is 0 Å². The first-order valence-corrected chi connectivity index (χ1v) is 15.5. The van der Waals surface area contributed by atoms with E-state index >= 15 is 0 Å². The fourth-order valence-electron chi connectivity index (χ4n) is 6.50. The molecule has 9 rings (SSSR count). The smallest absolute Gasteiger partial charge is 0.0651 e. The Morgan fingerprint density at radius 1 is 0.383 bits per heavy atom. The van der Waals surface area contributed by atoms with E-state index in [1.54, 1.807) is 18.2 Å². The van der Waals surface area contributed by atoms with E-state index < -0.39 is 12.1 Å². The Hall–Kier alpha value is -6.18. The number of benzene rings is 9. The number of rotatable bonds is 5. The maximum atomic E-state index is 9.72. The Morgan fingerprint density at radius 3 is 1.87 bits per heavy atom. The van der Waals surface area contributed by atoms with Gasteiger partial charge in [-0.25, -0.2) is 0 Å². The van der Waals surface area contributed by atoms with Crippen LogP contribution in [0.25, 0.3) is 65.3 Å². The number of nitrogens with zero attached hydrogens (tertiary/aromatic N) is 1. The fourth-order valence-corrected chi connectivity index (χ4v) is 6.50. The molecule has 9 aromatic rings. The van der Waals surface area contributed by atoms with Gasteiger partial charge in [-0.3, -0.25) is 0 Å². The summed E-state index contributed by atoms with van der Waals surface area (Å²) in [5.41, 5.74) is 1.46. The van der Waals surface area contributed by atoms with Gasteiger partial charge in [0.05, 0.1) is 16.7 Å². The van der Waals surface area contributed by atoms with Crippen molar-refractivity contribution in [3.63, 3.8) is 0 Å². The second-order valence-electron chi connectivity index (χ2n) is 11.5. The molecule has 0 radical (unpaired) electrons. The molecule has 0 atom stereocenters. The highest BCUT2D eigenvalue weighted by Gasteiger charge is 2.17. The van der Waals surface area contributed by atoms with Crippen molar-refractivity contribution in [3.8, 4) is 22.3 Å². The quantitative estimate of drug-likeness (QED) is 0.176. The lowest BCUT2D eigenvalue weighted by atomic mass is 9.93. The van der Waals surface area contributed by atoms with Gasteiger partial charge in [0.2, 0.25) is 0 Å². The van der Waals surface area contributed by atoms with Crippen molar-refractivity contribution >= 4 is 60.2 Å². The van der Waals surface area contributed by atoms with Gasteiger partial charge < -0.3 is 4.90 Å². The summed E-state index contributed by atoms with van der Waals surface area (Å²) in [4.78, 5) is 1.43. The second-order valence-corrected chi connectivity index (χ2v) is 11.5. The average Bonchev–Trinajstić information content (AvgIpc) is 3.21. The number of hydrogen-bond acceptors (Lipinski definition) is 1. The molecule has 0 spiro atoms. The summed E-state index contributed by atoms with van der Waals surface area (Å²) >= 11 is 0. The molecule has 0 saturated heterocycles. The molecule has 47 heavy (non-hydrogen) atoms. The molecule has 0 aromatic heterocycles. The summed E-state index contributed by atoms with van der Waals surface area (Å²) in [6.45, 7) is 0. The highest BCUT2D eigenvalue weighted by molar-refractivity contribution is 6.13. The predicted octanol–water partition coefficient (Wildman–Crippen LogP) is 13.1. The van der Waals surface area contributed by atoms with E-state index in [0.29, 0.717) is 22.2 Å². The third kappa shape index (κ3) is 4.81. The largest absolute Gasteiger partial charge is 0.310 e. The van der Waals surface area contributed by atoms with Crippen LogP contribution >= 0.6 is 0 Å². The van der Waals surface area contributed by atoms with E-state index in [4.69, 9.17) is 2.74 Å². The third-order valence-electron chi connectivity index (χ3n) is 8.75. The minimum absolute atomic E-state index is 0.120. The number of anilines is 3. The maximum Gasteiger partial charge on any atom is 0.0651 e. The highest BCUT2D eigenvalue weighted by atomic mass is 15.1. The molecule has 1 nitrogen and oxygen atoms in total. The van der Waals surface area contributed by atoms with Gasteiger partial charge in [-0.05, 0) is 102 Å². The first-order valence-electron chi connectivity index (χ1n) is 19.5. The summed E-state index contributed by atoms with van der Waals surface area (Å²) in [5.74, 6) is 0. The molecular formula is C46H31N. The molecular weight excluding hydrogens is 567 g/mol. The molecule has 0 amide bonds. The number of hydrogen-bond donors (Lipinski definition) is 0. The van der Waals surface area contributed by atoms with Crippen LogP contribution in [-0.4, -0.2) is 0 Å². The zero-order chi connectivity index (χ0) is 38.1. The molecule has 0 unspecified atom stereocenters. The number of fused-ring (bicyclic) bond motifs is 5. The molecule has 220 valence electrons. The summed E-state index contributed by atoms with van der Waals surface area (Å²) in [5, 5.41) is 6.95. The van der Waals surface area contributed by atoms with Gasteiger partial charge in [0.1, 0.15) is 0 Å². The topological polar surface area (TPSA) is 3.24 Å². The molecule has 0 heterocycles. The van der Waals surface area contributed by atoms with Crippen LogP contribution in [0.1, 0.15) is 11.0 Å².